The molecule has 1 aliphatic heterocycles. The van der Waals surface area contributed by atoms with Crippen LogP contribution in [-0.2, 0) is 16.1 Å². The van der Waals surface area contributed by atoms with E-state index in [0.29, 0.717) is 31.9 Å². The lowest BCUT2D eigenvalue weighted by molar-refractivity contribution is -0.137. The zero-order chi connectivity index (χ0) is 27.0. The molecule has 1 N–H and O–H groups in total. The quantitative estimate of drug-likeness (QED) is 0.222. The molecule has 1 saturated heterocycles. The van der Waals surface area contributed by atoms with E-state index in [1.165, 1.54) is 11.8 Å². The lowest BCUT2D eigenvalue weighted by Gasteiger charge is -2.24. The van der Waals surface area contributed by atoms with Crippen LogP contribution in [0.2, 0.25) is 5.02 Å². The fraction of sp³-hybridized carbons (Fsp3) is 0.214. The van der Waals surface area contributed by atoms with Crippen molar-refractivity contribution in [3.63, 3.8) is 0 Å². The second-order valence-electron chi connectivity index (χ2n) is 9.17. The molecule has 2 aromatic carbocycles. The number of amides is 2. The van der Waals surface area contributed by atoms with Crippen molar-refractivity contribution in [2.45, 2.75) is 32.1 Å². The number of nitrogens with one attached hydrogen (secondary N) is 1. The summed E-state index contributed by atoms with van der Waals surface area (Å²) < 4.78 is 16.6. The van der Waals surface area contributed by atoms with Crippen molar-refractivity contribution in [1.29, 1.82) is 0 Å². The molecule has 2 amide bonds. The van der Waals surface area contributed by atoms with E-state index < -0.39 is 24.0 Å². The number of hydrogen-bond acceptors (Lipinski definition) is 4. The number of Topliss-reactive ketones (excluding diaryl/α,β-unsaturated/α-hetero) is 1. The number of aromatic nitrogens is 2. The molecule has 0 aliphatic carbocycles. The van der Waals surface area contributed by atoms with Crippen molar-refractivity contribution >= 4 is 61.8 Å². The summed E-state index contributed by atoms with van der Waals surface area (Å²) in [5, 5.41) is 3.94. The Morgan fingerprint density at radius 3 is 2.66 bits per heavy atom. The minimum absolute atomic E-state index is 0.0993. The monoisotopic (exact) mass is 596 g/mol. The Bertz CT molecular complexity index is 1570. The van der Waals surface area contributed by atoms with Crippen molar-refractivity contribution in [3.05, 3.63) is 82.0 Å². The summed E-state index contributed by atoms with van der Waals surface area (Å²) in [5.74, 6) is -0.776. The molecule has 0 radical (unpaired) electrons. The summed E-state index contributed by atoms with van der Waals surface area (Å²) in [6, 6.07) is 17.1. The Hall–Kier alpha value is -3.56. The van der Waals surface area contributed by atoms with Gasteiger partial charge in [0.2, 0.25) is 11.8 Å². The lowest BCUT2D eigenvalue weighted by atomic mass is 10.0. The highest BCUT2D eigenvalue weighted by atomic mass is 79.9. The SMILES string of the molecule is CC(=O)c1cn(CC(=O)N2CC(F)CC2C(=O)Nc2cccc(Br)n2)c2ccc(-c3ccccc3Cl)cc12. The van der Waals surface area contributed by atoms with Crippen LogP contribution in [0.4, 0.5) is 10.2 Å². The summed E-state index contributed by atoms with van der Waals surface area (Å²) >= 11 is 9.63. The van der Waals surface area contributed by atoms with E-state index in [1.807, 2.05) is 36.4 Å². The molecule has 10 heteroatoms. The molecule has 2 atom stereocenters. The van der Waals surface area contributed by atoms with E-state index >= 15 is 0 Å². The van der Waals surface area contributed by atoms with Gasteiger partial charge in [-0.15, -0.1) is 0 Å². The normalized spacial score (nSPS) is 17.1. The van der Waals surface area contributed by atoms with Gasteiger partial charge in [0, 0.05) is 39.7 Å². The van der Waals surface area contributed by atoms with Crippen LogP contribution >= 0.6 is 27.5 Å². The first-order valence-corrected chi connectivity index (χ1v) is 13.1. The molecular formula is C28H23BrClFN4O3. The Morgan fingerprint density at radius 2 is 1.92 bits per heavy atom. The molecule has 38 heavy (non-hydrogen) atoms. The highest BCUT2D eigenvalue weighted by molar-refractivity contribution is 9.10. The Morgan fingerprint density at radius 1 is 1.13 bits per heavy atom. The highest BCUT2D eigenvalue weighted by Gasteiger charge is 2.40. The van der Waals surface area contributed by atoms with Gasteiger partial charge in [0.1, 0.15) is 29.2 Å². The largest absolute Gasteiger partial charge is 0.337 e. The lowest BCUT2D eigenvalue weighted by Crippen LogP contribution is -2.44. The Balaban J connectivity index is 1.42. The number of nitrogens with zero attached hydrogens (tertiary/aromatic N) is 3. The van der Waals surface area contributed by atoms with Crippen molar-refractivity contribution < 1.29 is 18.8 Å². The molecule has 5 rings (SSSR count). The summed E-state index contributed by atoms with van der Waals surface area (Å²) in [6.07, 6.45) is 0.209. The van der Waals surface area contributed by atoms with Crippen LogP contribution in [0, 0.1) is 0 Å². The molecule has 1 fully saturated rings. The maximum absolute atomic E-state index is 14.4. The minimum Gasteiger partial charge on any atom is -0.337 e. The van der Waals surface area contributed by atoms with E-state index in [-0.39, 0.29) is 25.3 Å². The van der Waals surface area contributed by atoms with Crippen molar-refractivity contribution in [2.24, 2.45) is 0 Å². The first kappa shape index (κ1) is 26.1. The number of halogens is 3. The van der Waals surface area contributed by atoms with Gasteiger partial charge in [-0.05, 0) is 58.7 Å². The molecule has 194 valence electrons. The molecule has 1 aliphatic rings. The van der Waals surface area contributed by atoms with Crippen LogP contribution in [0.3, 0.4) is 0 Å². The van der Waals surface area contributed by atoms with Gasteiger partial charge in [-0.1, -0.05) is 41.9 Å². The fourth-order valence-corrected chi connectivity index (χ4v) is 5.39. The summed E-state index contributed by atoms with van der Waals surface area (Å²) in [5.41, 5.74) is 2.80. The van der Waals surface area contributed by atoms with Crippen molar-refractivity contribution in [1.82, 2.24) is 14.5 Å². The number of likely N-dealkylation sites (tertiary alicyclic amines) is 1. The van der Waals surface area contributed by atoms with Crippen LogP contribution in [0.1, 0.15) is 23.7 Å². The van der Waals surface area contributed by atoms with Crippen LogP contribution in [0.25, 0.3) is 22.0 Å². The smallest absolute Gasteiger partial charge is 0.248 e. The number of pyridine rings is 1. The number of alkyl halides is 1. The van der Waals surface area contributed by atoms with Gasteiger partial charge in [-0.3, -0.25) is 14.4 Å². The predicted molar refractivity (Wildman–Crippen MR) is 148 cm³/mol. The maximum atomic E-state index is 14.4. The molecule has 0 spiro atoms. The van der Waals surface area contributed by atoms with Gasteiger partial charge >= 0.3 is 0 Å². The molecule has 4 aromatic rings. The first-order valence-electron chi connectivity index (χ1n) is 12.0. The molecule has 2 aromatic heterocycles. The third-order valence-electron chi connectivity index (χ3n) is 6.59. The first-order chi connectivity index (χ1) is 18.2. The van der Waals surface area contributed by atoms with Crippen molar-refractivity contribution in [2.75, 3.05) is 11.9 Å². The number of fused-ring (bicyclic) bond motifs is 1. The topological polar surface area (TPSA) is 84.3 Å². The molecule has 0 bridgehead atoms. The summed E-state index contributed by atoms with van der Waals surface area (Å²) in [7, 11) is 0. The summed E-state index contributed by atoms with van der Waals surface area (Å²) in [4.78, 5) is 44.2. The number of benzene rings is 2. The van der Waals surface area contributed by atoms with E-state index in [0.717, 1.165) is 11.1 Å². The average Bonchev–Trinajstić information content (AvgIpc) is 3.45. The van der Waals surface area contributed by atoms with Gasteiger partial charge in [0.15, 0.2) is 5.78 Å². The van der Waals surface area contributed by atoms with Crippen molar-refractivity contribution in [3.8, 4) is 11.1 Å². The average molecular weight is 598 g/mol. The number of ketones is 1. The summed E-state index contributed by atoms with van der Waals surface area (Å²) in [6.45, 7) is 1.13. The second kappa shape index (κ2) is 10.7. The zero-order valence-corrected chi connectivity index (χ0v) is 22.7. The number of rotatable bonds is 6. The minimum atomic E-state index is -1.32. The number of carbonyl (C=O) groups is 3. The standard InChI is InChI=1S/C28H23BrClFN4O3/c1-16(36)21-14-34(23-10-9-17(11-20(21)23)19-5-2-3-6-22(19)30)15-27(37)35-13-18(31)12-24(35)28(38)33-26-8-4-7-25(29)32-26/h2-11,14,18,24H,12-13,15H2,1H3,(H,32,33,38). The Kier molecular flexibility index (Phi) is 7.32. The van der Waals surface area contributed by atoms with E-state index in [1.54, 1.807) is 35.0 Å². The van der Waals surface area contributed by atoms with Gasteiger partial charge in [0.05, 0.1) is 6.54 Å². The van der Waals surface area contributed by atoms with Crippen LogP contribution in [0.15, 0.2) is 71.5 Å². The van der Waals surface area contributed by atoms with Gasteiger partial charge in [-0.2, -0.15) is 0 Å². The van der Waals surface area contributed by atoms with Gasteiger partial charge in [-0.25, -0.2) is 9.37 Å². The van der Waals surface area contributed by atoms with E-state index in [9.17, 15) is 18.8 Å². The molecular weight excluding hydrogens is 575 g/mol. The highest BCUT2D eigenvalue weighted by Crippen LogP contribution is 2.32. The maximum Gasteiger partial charge on any atom is 0.248 e. The molecule has 3 heterocycles. The van der Waals surface area contributed by atoms with Gasteiger partial charge in [0.25, 0.3) is 0 Å². The van der Waals surface area contributed by atoms with Crippen LogP contribution < -0.4 is 5.32 Å². The van der Waals surface area contributed by atoms with Crippen LogP contribution in [-0.4, -0.2) is 50.8 Å². The fourth-order valence-electron chi connectivity index (χ4n) is 4.80. The third kappa shape index (κ3) is 5.21. The van der Waals surface area contributed by atoms with Crippen LogP contribution in [0.5, 0.6) is 0 Å². The molecule has 0 saturated carbocycles. The zero-order valence-electron chi connectivity index (χ0n) is 20.3. The predicted octanol–water partition coefficient (Wildman–Crippen LogP) is 5.90. The third-order valence-corrected chi connectivity index (χ3v) is 7.36. The van der Waals surface area contributed by atoms with Gasteiger partial charge < -0.3 is 14.8 Å². The van der Waals surface area contributed by atoms with E-state index in [4.69, 9.17) is 11.6 Å². The number of anilines is 1. The van der Waals surface area contributed by atoms with E-state index in [2.05, 4.69) is 26.2 Å². The molecule has 7 nitrogen and oxygen atoms in total. The Labute approximate surface area is 231 Å². The number of hydrogen-bond donors (Lipinski definition) is 1. The molecule has 2 unspecified atom stereocenters. The number of carbonyl (C=O) groups excluding carboxylic acids is 3. The second-order valence-corrected chi connectivity index (χ2v) is 10.4.